The molecular formula is C19H11ClF3N3O2. The van der Waals surface area contributed by atoms with Crippen LogP contribution in [0.15, 0.2) is 42.6 Å². The van der Waals surface area contributed by atoms with E-state index in [0.717, 1.165) is 12.1 Å². The van der Waals surface area contributed by atoms with E-state index in [-0.39, 0.29) is 33.7 Å². The Bertz CT molecular complexity index is 1080. The normalized spacial score (nSPS) is 11.1. The van der Waals surface area contributed by atoms with E-state index in [1.807, 2.05) is 0 Å². The fourth-order valence-electron chi connectivity index (χ4n) is 2.44. The highest BCUT2D eigenvalue weighted by molar-refractivity contribution is 6.35. The minimum Gasteiger partial charge on any atom is -0.406 e. The number of fused-ring (bicyclic) bond motifs is 1. The highest BCUT2D eigenvalue weighted by Crippen LogP contribution is 2.32. The Morgan fingerprint density at radius 1 is 1.29 bits per heavy atom. The molecule has 0 unspecified atom stereocenters. The van der Waals surface area contributed by atoms with Gasteiger partial charge in [0, 0.05) is 11.6 Å². The topological polar surface area (TPSA) is 64.1 Å². The van der Waals surface area contributed by atoms with Crippen LogP contribution in [0.3, 0.4) is 0 Å². The van der Waals surface area contributed by atoms with Gasteiger partial charge in [-0.05, 0) is 30.3 Å². The van der Waals surface area contributed by atoms with Crippen LogP contribution in [-0.4, -0.2) is 22.2 Å². The van der Waals surface area contributed by atoms with Crippen molar-refractivity contribution in [2.24, 2.45) is 0 Å². The number of amides is 1. The summed E-state index contributed by atoms with van der Waals surface area (Å²) in [5.41, 5.74) is 0.737. The van der Waals surface area contributed by atoms with Crippen LogP contribution in [0.4, 0.5) is 13.2 Å². The van der Waals surface area contributed by atoms with Gasteiger partial charge in [-0.1, -0.05) is 23.6 Å². The van der Waals surface area contributed by atoms with Crippen LogP contribution in [0, 0.1) is 12.3 Å². The third kappa shape index (κ3) is 4.50. The van der Waals surface area contributed by atoms with Crippen LogP contribution in [0.1, 0.15) is 21.7 Å². The van der Waals surface area contributed by atoms with Gasteiger partial charge in [-0.2, -0.15) is 0 Å². The molecule has 0 saturated heterocycles. The molecule has 5 nitrogen and oxygen atoms in total. The van der Waals surface area contributed by atoms with E-state index < -0.39 is 18.0 Å². The second-order valence-corrected chi connectivity index (χ2v) is 5.96. The maximum atomic E-state index is 12.5. The Morgan fingerprint density at radius 2 is 2.07 bits per heavy atom. The summed E-state index contributed by atoms with van der Waals surface area (Å²) in [6, 6.07) is 8.58. The SMILES string of the molecule is C#Cc1cc(OC(F)(F)F)cc2c(Cl)cc(C(=O)NCc3ccccn3)nc12. The van der Waals surface area contributed by atoms with Crippen molar-refractivity contribution in [3.63, 3.8) is 0 Å². The Hall–Kier alpha value is -3.31. The zero-order valence-corrected chi connectivity index (χ0v) is 14.8. The summed E-state index contributed by atoms with van der Waals surface area (Å²) < 4.78 is 41.4. The second kappa shape index (κ2) is 7.74. The highest BCUT2D eigenvalue weighted by atomic mass is 35.5. The number of halogens is 4. The molecule has 0 aliphatic carbocycles. The lowest BCUT2D eigenvalue weighted by molar-refractivity contribution is -0.274. The second-order valence-electron chi connectivity index (χ2n) is 5.55. The Balaban J connectivity index is 1.94. The van der Waals surface area contributed by atoms with Crippen LogP contribution in [-0.2, 0) is 6.54 Å². The monoisotopic (exact) mass is 405 g/mol. The smallest absolute Gasteiger partial charge is 0.406 e. The van der Waals surface area contributed by atoms with E-state index in [0.29, 0.717) is 5.69 Å². The molecule has 9 heteroatoms. The number of pyridine rings is 2. The molecule has 0 spiro atoms. The third-order valence-electron chi connectivity index (χ3n) is 3.61. The van der Waals surface area contributed by atoms with Gasteiger partial charge in [0.25, 0.3) is 5.91 Å². The number of nitrogens with one attached hydrogen (secondary N) is 1. The number of terminal acetylenes is 1. The molecule has 0 fully saturated rings. The lowest BCUT2D eigenvalue weighted by Gasteiger charge is -2.12. The summed E-state index contributed by atoms with van der Waals surface area (Å²) in [5, 5.41) is 2.79. The summed E-state index contributed by atoms with van der Waals surface area (Å²) >= 11 is 6.16. The lowest BCUT2D eigenvalue weighted by Crippen LogP contribution is -2.24. The number of nitrogens with zero attached hydrogens (tertiary/aromatic N) is 2. The first-order valence-electron chi connectivity index (χ1n) is 7.81. The largest absolute Gasteiger partial charge is 0.573 e. The van der Waals surface area contributed by atoms with Crippen LogP contribution in [0.2, 0.25) is 5.02 Å². The molecule has 1 N–H and O–H groups in total. The Labute approximate surface area is 162 Å². The van der Waals surface area contributed by atoms with Crippen molar-refractivity contribution in [3.05, 3.63) is 64.6 Å². The Morgan fingerprint density at radius 3 is 2.71 bits per heavy atom. The average Bonchev–Trinajstić information content (AvgIpc) is 2.65. The summed E-state index contributed by atoms with van der Waals surface area (Å²) in [4.78, 5) is 20.6. The van der Waals surface area contributed by atoms with E-state index in [4.69, 9.17) is 18.0 Å². The van der Waals surface area contributed by atoms with E-state index in [2.05, 4.69) is 25.9 Å². The maximum absolute atomic E-state index is 12.5. The number of ether oxygens (including phenoxy) is 1. The average molecular weight is 406 g/mol. The minimum atomic E-state index is -4.88. The maximum Gasteiger partial charge on any atom is 0.573 e. The van der Waals surface area contributed by atoms with E-state index in [9.17, 15) is 18.0 Å². The number of benzene rings is 1. The molecule has 1 amide bonds. The Kier molecular flexibility index (Phi) is 5.38. The van der Waals surface area contributed by atoms with Gasteiger partial charge in [-0.15, -0.1) is 19.6 Å². The van der Waals surface area contributed by atoms with Crippen molar-refractivity contribution < 1.29 is 22.7 Å². The summed E-state index contributed by atoms with van der Waals surface area (Å²) in [7, 11) is 0. The molecule has 3 rings (SSSR count). The van der Waals surface area contributed by atoms with Crippen molar-refractivity contribution in [1.29, 1.82) is 0 Å². The van der Waals surface area contributed by atoms with E-state index in [1.54, 1.807) is 24.4 Å². The lowest BCUT2D eigenvalue weighted by atomic mass is 10.1. The van der Waals surface area contributed by atoms with Crippen molar-refractivity contribution in [2.75, 3.05) is 0 Å². The summed E-state index contributed by atoms with van der Waals surface area (Å²) in [5.74, 6) is 1.18. The van der Waals surface area contributed by atoms with Gasteiger partial charge in [-0.25, -0.2) is 4.98 Å². The number of carbonyl (C=O) groups excluding carboxylic acids is 1. The van der Waals surface area contributed by atoms with Crippen LogP contribution >= 0.6 is 11.6 Å². The molecule has 0 radical (unpaired) electrons. The van der Waals surface area contributed by atoms with Crippen molar-refractivity contribution in [2.45, 2.75) is 12.9 Å². The van der Waals surface area contributed by atoms with Gasteiger partial charge in [0.05, 0.1) is 28.3 Å². The number of aromatic nitrogens is 2. The zero-order chi connectivity index (χ0) is 20.3. The van der Waals surface area contributed by atoms with Gasteiger partial charge in [-0.3, -0.25) is 9.78 Å². The molecule has 142 valence electrons. The third-order valence-corrected chi connectivity index (χ3v) is 3.93. The quantitative estimate of drug-likeness (QED) is 0.664. The van der Waals surface area contributed by atoms with Crippen LogP contribution in [0.25, 0.3) is 10.9 Å². The van der Waals surface area contributed by atoms with Crippen molar-refractivity contribution in [3.8, 4) is 18.1 Å². The first kappa shape index (κ1) is 19.5. The van der Waals surface area contributed by atoms with Crippen molar-refractivity contribution >= 4 is 28.4 Å². The summed E-state index contributed by atoms with van der Waals surface area (Å²) in [6.07, 6.45) is 2.09. The number of hydrogen-bond acceptors (Lipinski definition) is 4. The predicted molar refractivity (Wildman–Crippen MR) is 96.8 cm³/mol. The highest BCUT2D eigenvalue weighted by Gasteiger charge is 2.31. The van der Waals surface area contributed by atoms with Gasteiger partial charge >= 0.3 is 6.36 Å². The number of alkyl halides is 3. The molecule has 0 atom stereocenters. The van der Waals surface area contributed by atoms with Crippen molar-refractivity contribution in [1.82, 2.24) is 15.3 Å². The van der Waals surface area contributed by atoms with Gasteiger partial charge in [0.15, 0.2) is 0 Å². The molecule has 0 aliphatic heterocycles. The van der Waals surface area contributed by atoms with Crippen LogP contribution in [0.5, 0.6) is 5.75 Å². The number of hydrogen-bond donors (Lipinski definition) is 1. The molecule has 3 aromatic rings. The van der Waals surface area contributed by atoms with Gasteiger partial charge in [0.2, 0.25) is 0 Å². The fraction of sp³-hybridized carbons (Fsp3) is 0.105. The zero-order valence-electron chi connectivity index (χ0n) is 14.0. The molecule has 2 aromatic heterocycles. The fourth-order valence-corrected chi connectivity index (χ4v) is 2.69. The van der Waals surface area contributed by atoms with Crippen LogP contribution < -0.4 is 10.1 Å². The molecule has 1 aromatic carbocycles. The molecule has 0 bridgehead atoms. The standard InChI is InChI=1S/C19H11ClF3N3O2/c1-2-11-7-13(28-19(21,22)23)8-14-15(20)9-16(26-17(11)14)18(27)25-10-12-5-3-4-6-24-12/h1,3-9H,10H2,(H,25,27). The molecular weight excluding hydrogens is 395 g/mol. The predicted octanol–water partition coefficient (Wildman–Crippen LogP) is 4.09. The van der Waals surface area contributed by atoms with E-state index >= 15 is 0 Å². The number of rotatable bonds is 4. The van der Waals surface area contributed by atoms with Gasteiger partial charge in [0.1, 0.15) is 11.4 Å². The first-order valence-corrected chi connectivity index (χ1v) is 8.19. The molecule has 0 aliphatic rings. The number of carbonyl (C=O) groups is 1. The molecule has 28 heavy (non-hydrogen) atoms. The molecule has 2 heterocycles. The van der Waals surface area contributed by atoms with Gasteiger partial charge < -0.3 is 10.1 Å². The first-order chi connectivity index (χ1) is 13.3. The molecule has 0 saturated carbocycles. The summed E-state index contributed by atoms with van der Waals surface area (Å²) in [6.45, 7) is 0.164. The minimum absolute atomic E-state index is 0.0112. The van der Waals surface area contributed by atoms with E-state index in [1.165, 1.54) is 6.07 Å².